The zero-order valence-electron chi connectivity index (χ0n) is 13.8. The number of morpholine rings is 1. The summed E-state index contributed by atoms with van der Waals surface area (Å²) in [6.07, 6.45) is 1.55. The van der Waals surface area contributed by atoms with Gasteiger partial charge in [-0.25, -0.2) is 9.59 Å². The number of hydrogen-bond acceptors (Lipinski definition) is 6. The lowest BCUT2D eigenvalue weighted by molar-refractivity contribution is -0.670. The van der Waals surface area contributed by atoms with Crippen molar-refractivity contribution in [2.45, 2.75) is 6.92 Å². The van der Waals surface area contributed by atoms with E-state index in [0.717, 1.165) is 0 Å². The Morgan fingerprint density at radius 1 is 1.28 bits per heavy atom. The molecule has 25 heavy (non-hydrogen) atoms. The summed E-state index contributed by atoms with van der Waals surface area (Å²) in [5.74, 6) is -0.149. The van der Waals surface area contributed by atoms with Crippen LogP contribution < -0.4 is 10.00 Å². The van der Waals surface area contributed by atoms with Crippen molar-refractivity contribution < 1.29 is 28.3 Å². The molecule has 3 rings (SSSR count). The first-order chi connectivity index (χ1) is 12.2. The summed E-state index contributed by atoms with van der Waals surface area (Å²) >= 11 is 0. The minimum absolute atomic E-state index is 0.228. The third-order valence-electron chi connectivity index (χ3n) is 3.64. The van der Waals surface area contributed by atoms with E-state index in [4.69, 9.17) is 14.0 Å². The van der Waals surface area contributed by atoms with Crippen molar-refractivity contribution in [1.82, 2.24) is 10.2 Å². The Morgan fingerprint density at radius 3 is 2.68 bits per heavy atom. The number of amides is 2. The number of aromatic nitrogens is 2. The summed E-state index contributed by atoms with van der Waals surface area (Å²) in [5, 5.41) is 6.52. The van der Waals surface area contributed by atoms with Crippen LogP contribution in [0.4, 0.5) is 10.7 Å². The fourth-order valence-corrected chi connectivity index (χ4v) is 2.34. The number of benzene rings is 1. The van der Waals surface area contributed by atoms with Gasteiger partial charge in [0.25, 0.3) is 6.20 Å². The Balaban J connectivity index is 1.64. The Labute approximate surface area is 144 Å². The van der Waals surface area contributed by atoms with Gasteiger partial charge in [-0.2, -0.15) is 0 Å². The van der Waals surface area contributed by atoms with E-state index >= 15 is 0 Å². The van der Waals surface area contributed by atoms with Crippen LogP contribution in [0, 0.1) is 0 Å². The Morgan fingerprint density at radius 2 is 2.00 bits per heavy atom. The number of carbonyl (C=O) groups is 2. The zero-order chi connectivity index (χ0) is 17.6. The fraction of sp³-hybridized carbons (Fsp3) is 0.375. The predicted octanol–water partition coefficient (Wildman–Crippen LogP) is 0.992. The van der Waals surface area contributed by atoms with E-state index in [-0.39, 0.29) is 17.9 Å². The van der Waals surface area contributed by atoms with Crippen molar-refractivity contribution in [1.29, 1.82) is 0 Å². The lowest BCUT2D eigenvalue weighted by Crippen LogP contribution is -2.43. The monoisotopic (exact) mass is 347 g/mol. The molecule has 0 spiro atoms. The SMILES string of the molecule is CCOC(=O)c1ccc(-[n+]2cc(NC(=O)N3CCOCC3)on2)cc1. The first kappa shape index (κ1) is 16.9. The van der Waals surface area contributed by atoms with Crippen molar-refractivity contribution in [2.75, 3.05) is 38.2 Å². The highest BCUT2D eigenvalue weighted by molar-refractivity contribution is 5.89. The zero-order valence-corrected chi connectivity index (χ0v) is 13.8. The van der Waals surface area contributed by atoms with Crippen LogP contribution in [-0.2, 0) is 9.47 Å². The quantitative estimate of drug-likeness (QED) is 0.654. The minimum Gasteiger partial charge on any atom is -0.462 e. The molecule has 0 bridgehead atoms. The van der Waals surface area contributed by atoms with Crippen molar-refractivity contribution in [3.05, 3.63) is 36.0 Å². The van der Waals surface area contributed by atoms with Crippen LogP contribution in [-0.4, -0.2) is 55.1 Å². The number of urea groups is 1. The Bertz CT molecular complexity index is 737. The molecule has 2 heterocycles. The molecule has 9 heteroatoms. The standard InChI is InChI=1S/C16H18N4O5/c1-2-24-15(21)12-3-5-13(6-4-12)20-11-14(25-18-20)17-16(22)19-7-9-23-10-8-19/h3-6,11H,2,7-10H2,1H3/p+1. The summed E-state index contributed by atoms with van der Waals surface area (Å²) in [5.41, 5.74) is 1.14. The number of nitrogens with one attached hydrogen (secondary N) is 1. The van der Waals surface area contributed by atoms with Gasteiger partial charge in [0.15, 0.2) is 0 Å². The first-order valence-corrected chi connectivity index (χ1v) is 7.97. The average molecular weight is 347 g/mol. The van der Waals surface area contributed by atoms with E-state index in [0.29, 0.717) is 44.2 Å². The highest BCUT2D eigenvalue weighted by atomic mass is 16.5. The molecule has 1 aliphatic heterocycles. The highest BCUT2D eigenvalue weighted by Gasteiger charge is 2.21. The second kappa shape index (κ2) is 7.75. The van der Waals surface area contributed by atoms with Gasteiger partial charge in [0, 0.05) is 25.2 Å². The molecule has 0 unspecified atom stereocenters. The van der Waals surface area contributed by atoms with E-state index in [1.54, 1.807) is 42.3 Å². The first-order valence-electron chi connectivity index (χ1n) is 7.97. The molecule has 0 radical (unpaired) electrons. The van der Waals surface area contributed by atoms with E-state index in [2.05, 4.69) is 10.6 Å². The minimum atomic E-state index is -0.377. The van der Waals surface area contributed by atoms with Gasteiger partial charge in [-0.05, 0) is 23.7 Å². The summed E-state index contributed by atoms with van der Waals surface area (Å²) in [6, 6.07) is 6.44. The maximum absolute atomic E-state index is 12.1. The van der Waals surface area contributed by atoms with Crippen molar-refractivity contribution in [2.24, 2.45) is 0 Å². The molecular formula is C16H19N4O5+. The summed E-state index contributed by atoms with van der Waals surface area (Å²) in [7, 11) is 0. The van der Waals surface area contributed by atoms with Crippen LogP contribution in [0.5, 0.6) is 0 Å². The van der Waals surface area contributed by atoms with Gasteiger partial charge in [-0.3, -0.25) is 9.84 Å². The lowest BCUT2D eigenvalue weighted by Gasteiger charge is -2.25. The molecule has 1 aliphatic rings. The van der Waals surface area contributed by atoms with Crippen molar-refractivity contribution in [3.63, 3.8) is 0 Å². The molecule has 2 aromatic rings. The van der Waals surface area contributed by atoms with E-state index in [9.17, 15) is 9.59 Å². The highest BCUT2D eigenvalue weighted by Crippen LogP contribution is 2.09. The molecule has 1 fully saturated rings. The van der Waals surface area contributed by atoms with Gasteiger partial charge in [0.1, 0.15) is 0 Å². The van der Waals surface area contributed by atoms with Crippen molar-refractivity contribution in [3.8, 4) is 5.69 Å². The van der Waals surface area contributed by atoms with Crippen LogP contribution in [0.1, 0.15) is 17.3 Å². The number of rotatable bonds is 4. The Kier molecular flexibility index (Phi) is 5.24. The topological polar surface area (TPSA) is 97.8 Å². The van der Waals surface area contributed by atoms with Gasteiger partial charge in [0.2, 0.25) is 11.0 Å². The largest absolute Gasteiger partial charge is 0.462 e. The molecule has 1 aromatic heterocycles. The molecule has 0 aliphatic carbocycles. The summed E-state index contributed by atoms with van der Waals surface area (Å²) in [6.45, 7) is 4.20. The molecule has 0 saturated carbocycles. The van der Waals surface area contributed by atoms with Gasteiger partial charge < -0.3 is 14.4 Å². The van der Waals surface area contributed by atoms with Crippen LogP contribution >= 0.6 is 0 Å². The molecule has 0 atom stereocenters. The summed E-state index contributed by atoms with van der Waals surface area (Å²) < 4.78 is 16.7. The maximum atomic E-state index is 12.1. The van der Waals surface area contributed by atoms with Gasteiger partial charge >= 0.3 is 17.9 Å². The number of nitrogens with zero attached hydrogens (tertiary/aromatic N) is 3. The number of esters is 1. The number of carbonyl (C=O) groups excluding carboxylic acids is 2. The second-order valence-electron chi connectivity index (χ2n) is 5.31. The number of hydrogen-bond donors (Lipinski definition) is 1. The van der Waals surface area contributed by atoms with Gasteiger partial charge in [-0.15, -0.1) is 0 Å². The third-order valence-corrected chi connectivity index (χ3v) is 3.64. The fourth-order valence-electron chi connectivity index (χ4n) is 2.34. The molecule has 1 saturated heterocycles. The third kappa shape index (κ3) is 4.13. The normalized spacial score (nSPS) is 14.2. The molecule has 2 amide bonds. The smallest absolute Gasteiger partial charge is 0.338 e. The lowest BCUT2D eigenvalue weighted by atomic mass is 10.2. The van der Waals surface area contributed by atoms with Gasteiger partial charge in [-0.1, -0.05) is 0 Å². The average Bonchev–Trinajstić information content (AvgIpc) is 3.11. The van der Waals surface area contributed by atoms with Gasteiger partial charge in [0.05, 0.1) is 25.4 Å². The van der Waals surface area contributed by atoms with Crippen LogP contribution in [0.2, 0.25) is 0 Å². The molecular weight excluding hydrogens is 328 g/mol. The van der Waals surface area contributed by atoms with Crippen LogP contribution in [0.25, 0.3) is 5.69 Å². The van der Waals surface area contributed by atoms with E-state index in [1.807, 2.05) is 0 Å². The second-order valence-corrected chi connectivity index (χ2v) is 5.31. The van der Waals surface area contributed by atoms with E-state index in [1.165, 1.54) is 4.68 Å². The molecule has 1 N–H and O–H groups in total. The predicted molar refractivity (Wildman–Crippen MR) is 85.4 cm³/mol. The molecule has 9 nitrogen and oxygen atoms in total. The Hall–Kier alpha value is -2.94. The number of anilines is 1. The van der Waals surface area contributed by atoms with Crippen LogP contribution in [0.3, 0.4) is 0 Å². The maximum Gasteiger partial charge on any atom is 0.338 e. The van der Waals surface area contributed by atoms with Crippen LogP contribution in [0.15, 0.2) is 35.0 Å². The van der Waals surface area contributed by atoms with E-state index < -0.39 is 0 Å². The molecule has 132 valence electrons. The summed E-state index contributed by atoms with van der Waals surface area (Å²) in [4.78, 5) is 25.4. The van der Waals surface area contributed by atoms with Crippen molar-refractivity contribution >= 4 is 17.9 Å². The molecule has 1 aromatic carbocycles. The number of ether oxygens (including phenoxy) is 2.